The van der Waals surface area contributed by atoms with Crippen LogP contribution in [-0.4, -0.2) is 28.2 Å². The van der Waals surface area contributed by atoms with Crippen molar-refractivity contribution in [2.45, 2.75) is 6.92 Å². The van der Waals surface area contributed by atoms with E-state index in [0.29, 0.717) is 5.56 Å². The molecule has 0 aliphatic carbocycles. The van der Waals surface area contributed by atoms with Gasteiger partial charge in [0, 0.05) is 25.3 Å². The molecule has 0 aliphatic rings. The highest BCUT2D eigenvalue weighted by Crippen LogP contribution is 2.30. The van der Waals surface area contributed by atoms with Crippen LogP contribution in [0.1, 0.15) is 22.8 Å². The van der Waals surface area contributed by atoms with E-state index in [2.05, 4.69) is 4.99 Å². The Balaban J connectivity index is 1.72. The second kappa shape index (κ2) is 9.31. The standard InChI is InChI=1S/C22H16N2O7/c1-14(25)30-21-5-3-2-4-18(21)22(27)31-17-9-6-15(7-10-17)13-23-19-12-16(24(28)29)8-11-20(19)26/h2-13,26H,1H3. The molecule has 9 nitrogen and oxygen atoms in total. The average Bonchev–Trinajstić information content (AvgIpc) is 2.74. The Morgan fingerprint density at radius 1 is 1.03 bits per heavy atom. The second-order valence-electron chi connectivity index (χ2n) is 6.24. The molecule has 3 aromatic carbocycles. The quantitative estimate of drug-likeness (QED) is 0.208. The number of aliphatic imine (C=N–C) groups is 1. The highest BCUT2D eigenvalue weighted by molar-refractivity contribution is 5.95. The number of esters is 2. The Morgan fingerprint density at radius 2 is 1.74 bits per heavy atom. The van der Waals surface area contributed by atoms with Crippen LogP contribution in [0.15, 0.2) is 71.7 Å². The molecular weight excluding hydrogens is 404 g/mol. The van der Waals surface area contributed by atoms with Crippen molar-refractivity contribution in [3.05, 3.63) is 88.0 Å². The van der Waals surface area contributed by atoms with Crippen LogP contribution in [-0.2, 0) is 4.79 Å². The molecule has 9 heteroatoms. The van der Waals surface area contributed by atoms with Gasteiger partial charge in [-0.05, 0) is 48.0 Å². The third-order valence-corrected chi connectivity index (χ3v) is 3.97. The smallest absolute Gasteiger partial charge is 0.347 e. The van der Waals surface area contributed by atoms with Gasteiger partial charge in [0.05, 0.1) is 4.92 Å². The van der Waals surface area contributed by atoms with E-state index in [4.69, 9.17) is 9.47 Å². The van der Waals surface area contributed by atoms with Crippen LogP contribution in [0.3, 0.4) is 0 Å². The lowest BCUT2D eigenvalue weighted by molar-refractivity contribution is -0.384. The maximum atomic E-state index is 12.4. The van der Waals surface area contributed by atoms with E-state index in [1.165, 1.54) is 49.5 Å². The summed E-state index contributed by atoms with van der Waals surface area (Å²) in [5, 5.41) is 20.6. The lowest BCUT2D eigenvalue weighted by Gasteiger charge is -2.08. The lowest BCUT2D eigenvalue weighted by Crippen LogP contribution is -2.12. The monoisotopic (exact) mass is 420 g/mol. The fraction of sp³-hybridized carbons (Fsp3) is 0.0455. The fourth-order valence-corrected chi connectivity index (χ4v) is 2.54. The number of phenolic OH excluding ortho intramolecular Hbond substituents is 1. The molecule has 0 aromatic heterocycles. The molecule has 0 saturated heterocycles. The molecule has 0 saturated carbocycles. The molecule has 156 valence electrons. The van der Waals surface area contributed by atoms with E-state index in [1.807, 2.05) is 0 Å². The minimum atomic E-state index is -0.695. The Labute approximate surface area is 176 Å². The summed E-state index contributed by atoms with van der Waals surface area (Å²) in [6.07, 6.45) is 1.40. The molecule has 0 aliphatic heterocycles. The van der Waals surface area contributed by atoms with Crippen molar-refractivity contribution < 1.29 is 29.1 Å². The van der Waals surface area contributed by atoms with Gasteiger partial charge in [-0.25, -0.2) is 4.79 Å². The largest absolute Gasteiger partial charge is 0.506 e. The number of para-hydroxylation sites is 1. The first-order valence-corrected chi connectivity index (χ1v) is 8.94. The lowest BCUT2D eigenvalue weighted by atomic mass is 10.2. The highest BCUT2D eigenvalue weighted by atomic mass is 16.6. The van der Waals surface area contributed by atoms with Crippen LogP contribution in [0.2, 0.25) is 0 Å². The molecule has 0 bridgehead atoms. The predicted molar refractivity (Wildman–Crippen MR) is 111 cm³/mol. The van der Waals surface area contributed by atoms with Gasteiger partial charge < -0.3 is 14.6 Å². The predicted octanol–water partition coefficient (Wildman–Crippen LogP) is 4.20. The molecule has 0 fully saturated rings. The number of phenols is 1. The zero-order valence-electron chi connectivity index (χ0n) is 16.2. The van der Waals surface area contributed by atoms with Crippen LogP contribution >= 0.6 is 0 Å². The Kier molecular flexibility index (Phi) is 6.36. The topological polar surface area (TPSA) is 128 Å². The number of aromatic hydroxyl groups is 1. The minimum Gasteiger partial charge on any atom is -0.506 e. The van der Waals surface area contributed by atoms with Gasteiger partial charge in [-0.1, -0.05) is 12.1 Å². The summed E-state index contributed by atoms with van der Waals surface area (Å²) in [6, 6.07) is 16.0. The Hall–Kier alpha value is -4.53. The van der Waals surface area contributed by atoms with E-state index < -0.39 is 16.9 Å². The van der Waals surface area contributed by atoms with Crippen LogP contribution in [0.4, 0.5) is 11.4 Å². The van der Waals surface area contributed by atoms with Gasteiger partial charge in [-0.2, -0.15) is 0 Å². The van der Waals surface area contributed by atoms with Crippen molar-refractivity contribution in [2.75, 3.05) is 0 Å². The van der Waals surface area contributed by atoms with Gasteiger partial charge in [-0.15, -0.1) is 0 Å². The SMILES string of the molecule is CC(=O)Oc1ccccc1C(=O)Oc1ccc(C=Nc2cc([N+](=O)[O-])ccc2O)cc1. The van der Waals surface area contributed by atoms with Gasteiger partial charge in [0.1, 0.15) is 28.5 Å². The molecule has 0 unspecified atom stereocenters. The molecular formula is C22H16N2O7. The molecule has 0 heterocycles. The number of nitro benzene ring substituents is 1. The number of hydrogen-bond donors (Lipinski definition) is 1. The van der Waals surface area contributed by atoms with Crippen molar-refractivity contribution in [3.8, 4) is 17.2 Å². The summed E-state index contributed by atoms with van der Waals surface area (Å²) in [4.78, 5) is 37.9. The number of nitro groups is 1. The number of benzene rings is 3. The molecule has 0 atom stereocenters. The molecule has 3 aromatic rings. The molecule has 31 heavy (non-hydrogen) atoms. The Morgan fingerprint density at radius 3 is 2.42 bits per heavy atom. The molecule has 0 spiro atoms. The summed E-state index contributed by atoms with van der Waals surface area (Å²) >= 11 is 0. The first-order valence-electron chi connectivity index (χ1n) is 8.94. The number of carbonyl (C=O) groups excluding carboxylic acids is 2. The first-order chi connectivity index (χ1) is 14.8. The summed E-state index contributed by atoms with van der Waals surface area (Å²) in [6.45, 7) is 1.23. The van der Waals surface area contributed by atoms with Gasteiger partial charge >= 0.3 is 11.9 Å². The maximum absolute atomic E-state index is 12.4. The van der Waals surface area contributed by atoms with Crippen molar-refractivity contribution in [3.63, 3.8) is 0 Å². The Bertz CT molecular complexity index is 1170. The van der Waals surface area contributed by atoms with Crippen molar-refractivity contribution in [2.24, 2.45) is 4.99 Å². The van der Waals surface area contributed by atoms with E-state index in [-0.39, 0.29) is 34.2 Å². The van der Waals surface area contributed by atoms with E-state index in [1.54, 1.807) is 24.3 Å². The zero-order chi connectivity index (χ0) is 22.4. The molecule has 3 rings (SSSR count). The number of carbonyl (C=O) groups is 2. The van der Waals surface area contributed by atoms with Gasteiger partial charge in [-0.3, -0.25) is 19.9 Å². The van der Waals surface area contributed by atoms with Crippen molar-refractivity contribution >= 4 is 29.5 Å². The number of ether oxygens (including phenoxy) is 2. The van der Waals surface area contributed by atoms with Crippen LogP contribution in [0, 0.1) is 10.1 Å². The first kappa shape index (κ1) is 21.2. The van der Waals surface area contributed by atoms with Gasteiger partial charge in [0.25, 0.3) is 5.69 Å². The third-order valence-electron chi connectivity index (χ3n) is 3.97. The van der Waals surface area contributed by atoms with Crippen LogP contribution in [0.5, 0.6) is 17.2 Å². The fourth-order valence-electron chi connectivity index (χ4n) is 2.54. The van der Waals surface area contributed by atoms with Crippen molar-refractivity contribution in [1.29, 1.82) is 0 Å². The van der Waals surface area contributed by atoms with Crippen LogP contribution < -0.4 is 9.47 Å². The summed E-state index contributed by atoms with van der Waals surface area (Å²) in [5.41, 5.74) is 0.559. The number of nitrogens with zero attached hydrogens (tertiary/aromatic N) is 2. The second-order valence-corrected chi connectivity index (χ2v) is 6.24. The normalized spacial score (nSPS) is 10.6. The van der Waals surface area contributed by atoms with E-state index >= 15 is 0 Å². The maximum Gasteiger partial charge on any atom is 0.347 e. The molecule has 0 amide bonds. The number of hydrogen-bond acceptors (Lipinski definition) is 8. The van der Waals surface area contributed by atoms with Gasteiger partial charge in [0.2, 0.25) is 0 Å². The number of rotatable bonds is 6. The van der Waals surface area contributed by atoms with Gasteiger partial charge in [0.15, 0.2) is 0 Å². The van der Waals surface area contributed by atoms with Crippen LogP contribution in [0.25, 0.3) is 0 Å². The average molecular weight is 420 g/mol. The minimum absolute atomic E-state index is 0.0479. The summed E-state index contributed by atoms with van der Waals surface area (Å²) in [7, 11) is 0. The summed E-state index contributed by atoms with van der Waals surface area (Å²) < 4.78 is 10.3. The molecule has 0 radical (unpaired) electrons. The number of non-ortho nitro benzene ring substituents is 1. The highest BCUT2D eigenvalue weighted by Gasteiger charge is 2.16. The van der Waals surface area contributed by atoms with Crippen molar-refractivity contribution in [1.82, 2.24) is 0 Å². The summed E-state index contributed by atoms with van der Waals surface area (Å²) in [5.74, 6) is -1.10. The molecule has 1 N–H and O–H groups in total. The zero-order valence-corrected chi connectivity index (χ0v) is 16.2. The third kappa shape index (κ3) is 5.51. The van der Waals surface area contributed by atoms with E-state index in [9.17, 15) is 24.8 Å². The van der Waals surface area contributed by atoms with E-state index in [0.717, 1.165) is 6.07 Å².